The van der Waals surface area contributed by atoms with Gasteiger partial charge in [-0.15, -0.1) is 0 Å². The van der Waals surface area contributed by atoms with Crippen molar-refractivity contribution in [2.24, 2.45) is 0 Å². The van der Waals surface area contributed by atoms with Gasteiger partial charge in [0.15, 0.2) is 0 Å². The van der Waals surface area contributed by atoms with Crippen LogP contribution in [0.15, 0.2) is 52.3 Å². The fourth-order valence-corrected chi connectivity index (χ4v) is 2.98. The van der Waals surface area contributed by atoms with Crippen LogP contribution >= 0.6 is 0 Å². The molecule has 0 aliphatic heterocycles. The van der Waals surface area contributed by atoms with Crippen LogP contribution in [0.25, 0.3) is 5.69 Å². The minimum Gasteiger partial charge on any atom is -0.348 e. The summed E-state index contributed by atoms with van der Waals surface area (Å²) < 4.78 is 2.99. The average Bonchev–Trinajstić information content (AvgIpc) is 2.99. The van der Waals surface area contributed by atoms with Gasteiger partial charge in [0, 0.05) is 23.5 Å². The summed E-state index contributed by atoms with van der Waals surface area (Å²) in [4.78, 5) is 37.2. The number of amides is 1. The minimum atomic E-state index is -0.617. The van der Waals surface area contributed by atoms with Gasteiger partial charge in [-0.1, -0.05) is 18.2 Å². The van der Waals surface area contributed by atoms with Crippen LogP contribution in [0.4, 0.5) is 0 Å². The fourth-order valence-electron chi connectivity index (χ4n) is 2.98. The summed E-state index contributed by atoms with van der Waals surface area (Å²) in [6.07, 6.45) is 3.03. The van der Waals surface area contributed by atoms with Crippen molar-refractivity contribution in [3.05, 3.63) is 80.4 Å². The Kier molecular flexibility index (Phi) is 5.07. The van der Waals surface area contributed by atoms with Crippen molar-refractivity contribution < 1.29 is 4.79 Å². The Hall–Kier alpha value is -3.42. The number of rotatable bonds is 5. The number of aromatic nitrogens is 4. The SMILES string of the molecule is Cc1ccccc1-n1ncc([C@@H](C)NC(=O)Cn2ccc(=O)[nH]c2=O)c1C. The van der Waals surface area contributed by atoms with Gasteiger partial charge in [-0.05, 0) is 32.4 Å². The number of H-pyrrole nitrogens is 1. The summed E-state index contributed by atoms with van der Waals surface area (Å²) in [6, 6.07) is 8.85. The second-order valence-corrected chi connectivity index (χ2v) is 6.41. The molecule has 2 aromatic heterocycles. The van der Waals surface area contributed by atoms with Crippen molar-refractivity contribution >= 4 is 5.91 Å². The van der Waals surface area contributed by atoms with E-state index < -0.39 is 11.2 Å². The predicted octanol–water partition coefficient (Wildman–Crippen LogP) is 1.22. The molecule has 1 atom stereocenters. The maximum atomic E-state index is 12.3. The van der Waals surface area contributed by atoms with Crippen molar-refractivity contribution in [3.63, 3.8) is 0 Å². The van der Waals surface area contributed by atoms with Crippen LogP contribution in [0.3, 0.4) is 0 Å². The second kappa shape index (κ2) is 7.45. The molecule has 1 amide bonds. The van der Waals surface area contributed by atoms with Gasteiger partial charge >= 0.3 is 5.69 Å². The molecule has 140 valence electrons. The molecule has 0 unspecified atom stereocenters. The summed E-state index contributed by atoms with van der Waals surface area (Å²) in [6.45, 7) is 5.65. The van der Waals surface area contributed by atoms with Crippen molar-refractivity contribution in [1.29, 1.82) is 0 Å². The van der Waals surface area contributed by atoms with Crippen molar-refractivity contribution in [1.82, 2.24) is 24.6 Å². The Morgan fingerprint density at radius 1 is 1.22 bits per heavy atom. The molecule has 8 heteroatoms. The number of hydrogen-bond donors (Lipinski definition) is 2. The van der Waals surface area contributed by atoms with Gasteiger partial charge in [0.2, 0.25) is 5.91 Å². The quantitative estimate of drug-likeness (QED) is 0.708. The number of carbonyl (C=O) groups excluding carboxylic acids is 1. The monoisotopic (exact) mass is 367 g/mol. The van der Waals surface area contributed by atoms with E-state index in [1.165, 1.54) is 12.3 Å². The zero-order valence-corrected chi connectivity index (χ0v) is 15.4. The molecule has 0 aliphatic carbocycles. The van der Waals surface area contributed by atoms with E-state index >= 15 is 0 Å². The first-order chi connectivity index (χ1) is 12.9. The third-order valence-corrected chi connectivity index (χ3v) is 4.45. The van der Waals surface area contributed by atoms with Crippen molar-refractivity contribution in [2.45, 2.75) is 33.4 Å². The first-order valence-electron chi connectivity index (χ1n) is 8.56. The molecule has 0 radical (unpaired) electrons. The van der Waals surface area contributed by atoms with E-state index in [1.807, 2.05) is 49.7 Å². The Bertz CT molecular complexity index is 1090. The lowest BCUT2D eigenvalue weighted by atomic mass is 10.1. The highest BCUT2D eigenvalue weighted by molar-refractivity contribution is 5.76. The lowest BCUT2D eigenvalue weighted by molar-refractivity contribution is -0.122. The third-order valence-electron chi connectivity index (χ3n) is 4.45. The topological polar surface area (TPSA) is 102 Å². The molecule has 0 saturated heterocycles. The van der Waals surface area contributed by atoms with Crippen LogP contribution in [0, 0.1) is 13.8 Å². The summed E-state index contributed by atoms with van der Waals surface area (Å²) >= 11 is 0. The fraction of sp³-hybridized carbons (Fsp3) is 0.263. The van der Waals surface area contributed by atoms with E-state index in [0.29, 0.717) is 0 Å². The van der Waals surface area contributed by atoms with Gasteiger partial charge in [-0.2, -0.15) is 5.10 Å². The predicted molar refractivity (Wildman–Crippen MR) is 101 cm³/mol. The molecule has 0 bridgehead atoms. The Morgan fingerprint density at radius 3 is 2.67 bits per heavy atom. The molecule has 1 aromatic carbocycles. The molecular weight excluding hydrogens is 346 g/mol. The lowest BCUT2D eigenvalue weighted by Gasteiger charge is -2.15. The molecule has 0 aliphatic rings. The van der Waals surface area contributed by atoms with E-state index in [0.717, 1.165) is 27.1 Å². The van der Waals surface area contributed by atoms with Gasteiger partial charge in [-0.3, -0.25) is 19.1 Å². The van der Waals surface area contributed by atoms with E-state index in [4.69, 9.17) is 0 Å². The smallest absolute Gasteiger partial charge is 0.328 e. The molecule has 3 aromatic rings. The molecule has 3 rings (SSSR count). The summed E-state index contributed by atoms with van der Waals surface area (Å²) in [5, 5.41) is 7.32. The highest BCUT2D eigenvalue weighted by atomic mass is 16.2. The van der Waals surface area contributed by atoms with E-state index in [9.17, 15) is 14.4 Å². The highest BCUT2D eigenvalue weighted by Gasteiger charge is 2.17. The first kappa shape index (κ1) is 18.4. The number of nitrogens with zero attached hydrogens (tertiary/aromatic N) is 3. The normalized spacial score (nSPS) is 12.0. The maximum absolute atomic E-state index is 12.3. The number of aromatic amines is 1. The molecule has 2 heterocycles. The van der Waals surface area contributed by atoms with Gasteiger partial charge in [0.1, 0.15) is 6.54 Å². The number of para-hydroxylation sites is 1. The van der Waals surface area contributed by atoms with E-state index in [-0.39, 0.29) is 18.5 Å². The van der Waals surface area contributed by atoms with Crippen LogP contribution in [0.2, 0.25) is 0 Å². The first-order valence-corrected chi connectivity index (χ1v) is 8.56. The molecule has 8 nitrogen and oxygen atoms in total. The number of carbonyl (C=O) groups is 1. The average molecular weight is 367 g/mol. The molecule has 0 fully saturated rings. The van der Waals surface area contributed by atoms with Gasteiger partial charge in [0.05, 0.1) is 17.9 Å². The van der Waals surface area contributed by atoms with Crippen molar-refractivity contribution in [3.8, 4) is 5.69 Å². The van der Waals surface area contributed by atoms with Gasteiger partial charge in [-0.25, -0.2) is 9.48 Å². The minimum absolute atomic E-state index is 0.176. The van der Waals surface area contributed by atoms with Crippen LogP contribution in [0.1, 0.15) is 29.8 Å². The number of nitrogens with one attached hydrogen (secondary N) is 2. The molecule has 0 spiro atoms. The lowest BCUT2D eigenvalue weighted by Crippen LogP contribution is -2.36. The molecule has 27 heavy (non-hydrogen) atoms. The second-order valence-electron chi connectivity index (χ2n) is 6.41. The largest absolute Gasteiger partial charge is 0.348 e. The molecule has 2 N–H and O–H groups in total. The van der Waals surface area contributed by atoms with Gasteiger partial charge in [0.25, 0.3) is 5.56 Å². The summed E-state index contributed by atoms with van der Waals surface area (Å²) in [7, 11) is 0. The van der Waals surface area contributed by atoms with Gasteiger partial charge < -0.3 is 5.32 Å². The van der Waals surface area contributed by atoms with Crippen LogP contribution in [-0.4, -0.2) is 25.2 Å². The van der Waals surface area contributed by atoms with Crippen LogP contribution in [0.5, 0.6) is 0 Å². The highest BCUT2D eigenvalue weighted by Crippen LogP contribution is 2.21. The Morgan fingerprint density at radius 2 is 1.96 bits per heavy atom. The maximum Gasteiger partial charge on any atom is 0.328 e. The van der Waals surface area contributed by atoms with E-state index in [1.54, 1.807) is 6.20 Å². The summed E-state index contributed by atoms with van der Waals surface area (Å²) in [5.74, 6) is -0.334. The zero-order chi connectivity index (χ0) is 19.6. The number of hydrogen-bond acceptors (Lipinski definition) is 4. The molecular formula is C19H21N5O3. The number of aryl methyl sites for hydroxylation is 1. The zero-order valence-electron chi connectivity index (χ0n) is 15.4. The number of benzene rings is 1. The Labute approximate surface area is 155 Å². The van der Waals surface area contributed by atoms with E-state index in [2.05, 4.69) is 15.4 Å². The molecule has 0 saturated carbocycles. The third kappa shape index (κ3) is 3.89. The van der Waals surface area contributed by atoms with Crippen molar-refractivity contribution in [2.75, 3.05) is 0 Å². The van der Waals surface area contributed by atoms with Crippen LogP contribution in [-0.2, 0) is 11.3 Å². The van der Waals surface area contributed by atoms with Crippen LogP contribution < -0.4 is 16.6 Å². The Balaban J connectivity index is 1.76. The summed E-state index contributed by atoms with van der Waals surface area (Å²) in [5.41, 5.74) is 2.79. The standard InChI is InChI=1S/C19H21N5O3/c1-12-6-4-5-7-16(12)24-14(3)15(10-20-24)13(2)21-18(26)11-23-9-8-17(25)22-19(23)27/h4-10,13H,11H2,1-3H3,(H,21,26)(H,22,25,27)/t13-/m1/s1.